The summed E-state index contributed by atoms with van der Waals surface area (Å²) in [6.45, 7) is 11.8. The Hall–Kier alpha value is -1.30. The van der Waals surface area contributed by atoms with Gasteiger partial charge in [-0.25, -0.2) is 0 Å². The highest BCUT2D eigenvalue weighted by atomic mass is 16.5. The number of ether oxygens (including phenoxy) is 2. The summed E-state index contributed by atoms with van der Waals surface area (Å²) in [7, 11) is 4.27. The average molecular weight is 335 g/mol. The van der Waals surface area contributed by atoms with Crippen molar-refractivity contribution in [3.05, 3.63) is 23.8 Å². The number of nitrogens with one attached hydrogen (secondary N) is 1. The van der Waals surface area contributed by atoms with Crippen molar-refractivity contribution in [2.75, 3.05) is 53.5 Å². The summed E-state index contributed by atoms with van der Waals surface area (Å²) < 4.78 is 11.6. The smallest absolute Gasteiger partial charge is 0.127 e. The molecule has 1 saturated heterocycles. The lowest BCUT2D eigenvalue weighted by Crippen LogP contribution is -2.52. The zero-order chi connectivity index (χ0) is 17.5. The largest absolute Gasteiger partial charge is 0.494 e. The van der Waals surface area contributed by atoms with Crippen LogP contribution in [0.25, 0.3) is 0 Å². The van der Waals surface area contributed by atoms with Crippen LogP contribution in [0.4, 0.5) is 0 Å². The molecule has 2 rings (SSSR count). The Morgan fingerprint density at radius 3 is 2.62 bits per heavy atom. The summed E-state index contributed by atoms with van der Waals surface area (Å²) >= 11 is 0. The molecule has 136 valence electrons. The molecule has 1 aliphatic heterocycles. The van der Waals surface area contributed by atoms with Crippen LogP contribution in [-0.4, -0.2) is 69.3 Å². The van der Waals surface area contributed by atoms with Crippen molar-refractivity contribution >= 4 is 0 Å². The molecule has 0 aromatic heterocycles. The van der Waals surface area contributed by atoms with Crippen molar-refractivity contribution < 1.29 is 9.47 Å². The SMILES string of the molecule is CCOc1ccc(C(CN(C)C)N2CCNCC2C)c(OCC)c1. The van der Waals surface area contributed by atoms with E-state index < -0.39 is 0 Å². The number of nitrogens with zero attached hydrogens (tertiary/aromatic N) is 2. The molecule has 1 fully saturated rings. The molecular formula is C19H33N3O2. The molecule has 1 N–H and O–H groups in total. The van der Waals surface area contributed by atoms with Crippen molar-refractivity contribution in [2.24, 2.45) is 0 Å². The Morgan fingerprint density at radius 2 is 2.00 bits per heavy atom. The predicted octanol–water partition coefficient (Wildman–Crippen LogP) is 2.38. The fourth-order valence-electron chi connectivity index (χ4n) is 3.37. The van der Waals surface area contributed by atoms with Crippen LogP contribution < -0.4 is 14.8 Å². The van der Waals surface area contributed by atoms with Crippen LogP contribution in [0.3, 0.4) is 0 Å². The molecule has 1 aromatic rings. The fraction of sp³-hybridized carbons (Fsp3) is 0.684. The van der Waals surface area contributed by atoms with E-state index in [1.807, 2.05) is 19.9 Å². The van der Waals surface area contributed by atoms with Crippen LogP contribution >= 0.6 is 0 Å². The van der Waals surface area contributed by atoms with E-state index in [4.69, 9.17) is 9.47 Å². The monoisotopic (exact) mass is 335 g/mol. The molecule has 0 aliphatic carbocycles. The van der Waals surface area contributed by atoms with Gasteiger partial charge in [0, 0.05) is 43.9 Å². The lowest BCUT2D eigenvalue weighted by atomic mass is 10.00. The molecule has 0 saturated carbocycles. The summed E-state index contributed by atoms with van der Waals surface area (Å²) in [6, 6.07) is 7.10. The molecule has 24 heavy (non-hydrogen) atoms. The molecule has 1 heterocycles. The molecule has 0 spiro atoms. The minimum absolute atomic E-state index is 0.314. The van der Waals surface area contributed by atoms with Crippen molar-refractivity contribution in [3.8, 4) is 11.5 Å². The van der Waals surface area contributed by atoms with Crippen molar-refractivity contribution in [1.29, 1.82) is 0 Å². The van der Waals surface area contributed by atoms with Crippen LogP contribution in [0, 0.1) is 0 Å². The second kappa shape index (κ2) is 9.25. The quantitative estimate of drug-likeness (QED) is 0.789. The normalized spacial score (nSPS) is 20.2. The maximum atomic E-state index is 5.97. The highest BCUT2D eigenvalue weighted by molar-refractivity contribution is 5.43. The lowest BCUT2D eigenvalue weighted by Gasteiger charge is -2.41. The Balaban J connectivity index is 2.36. The lowest BCUT2D eigenvalue weighted by molar-refractivity contribution is 0.0946. The number of hydrogen-bond acceptors (Lipinski definition) is 5. The second-order valence-corrected chi connectivity index (χ2v) is 6.63. The minimum atomic E-state index is 0.314. The number of benzene rings is 1. The Bertz CT molecular complexity index is 507. The highest BCUT2D eigenvalue weighted by Crippen LogP contribution is 2.34. The maximum Gasteiger partial charge on any atom is 0.127 e. The molecule has 2 unspecified atom stereocenters. The van der Waals surface area contributed by atoms with E-state index in [9.17, 15) is 0 Å². The summed E-state index contributed by atoms with van der Waals surface area (Å²) in [5.74, 6) is 1.82. The van der Waals surface area contributed by atoms with Gasteiger partial charge in [-0.05, 0) is 40.9 Å². The topological polar surface area (TPSA) is 37.0 Å². The van der Waals surface area contributed by atoms with Gasteiger partial charge >= 0.3 is 0 Å². The zero-order valence-corrected chi connectivity index (χ0v) is 15.8. The molecule has 5 heteroatoms. The van der Waals surface area contributed by atoms with Gasteiger partial charge in [-0.2, -0.15) is 0 Å². The highest BCUT2D eigenvalue weighted by Gasteiger charge is 2.29. The first kappa shape index (κ1) is 19.0. The average Bonchev–Trinajstić information content (AvgIpc) is 2.54. The van der Waals surface area contributed by atoms with E-state index in [0.717, 1.165) is 37.7 Å². The van der Waals surface area contributed by atoms with Gasteiger partial charge in [-0.1, -0.05) is 6.07 Å². The van der Waals surface area contributed by atoms with Crippen molar-refractivity contribution in [2.45, 2.75) is 32.9 Å². The second-order valence-electron chi connectivity index (χ2n) is 6.63. The Labute approximate surface area is 146 Å². The first-order chi connectivity index (χ1) is 11.6. The van der Waals surface area contributed by atoms with Crippen LogP contribution in [0.1, 0.15) is 32.4 Å². The van der Waals surface area contributed by atoms with Crippen LogP contribution in [0.2, 0.25) is 0 Å². The van der Waals surface area contributed by atoms with Gasteiger partial charge in [0.25, 0.3) is 0 Å². The van der Waals surface area contributed by atoms with Gasteiger partial charge in [0.05, 0.1) is 19.3 Å². The van der Waals surface area contributed by atoms with Gasteiger partial charge in [0.2, 0.25) is 0 Å². The Kier molecular flexibility index (Phi) is 7.34. The van der Waals surface area contributed by atoms with Crippen molar-refractivity contribution in [3.63, 3.8) is 0 Å². The molecule has 0 radical (unpaired) electrons. The van der Waals surface area contributed by atoms with Gasteiger partial charge < -0.3 is 19.7 Å². The first-order valence-electron chi connectivity index (χ1n) is 9.07. The van der Waals surface area contributed by atoms with Gasteiger partial charge in [-0.15, -0.1) is 0 Å². The minimum Gasteiger partial charge on any atom is -0.494 e. The zero-order valence-electron chi connectivity index (χ0n) is 15.8. The number of piperazine rings is 1. The summed E-state index contributed by atoms with van der Waals surface area (Å²) in [6.07, 6.45) is 0. The third-order valence-electron chi connectivity index (χ3n) is 4.45. The van der Waals surface area contributed by atoms with Gasteiger partial charge in [0.15, 0.2) is 0 Å². The molecule has 0 bridgehead atoms. The standard InChI is InChI=1S/C19H33N3O2/c1-6-23-16-8-9-17(19(12-16)24-7-2)18(14-21(4)5)22-11-10-20-13-15(22)3/h8-9,12,15,18,20H,6-7,10-11,13-14H2,1-5H3. The molecular weight excluding hydrogens is 302 g/mol. The van der Waals surface area contributed by atoms with Crippen LogP contribution in [0.5, 0.6) is 11.5 Å². The molecule has 1 aromatic carbocycles. The Morgan fingerprint density at radius 1 is 1.25 bits per heavy atom. The third-order valence-corrected chi connectivity index (χ3v) is 4.45. The van der Waals surface area contributed by atoms with Crippen LogP contribution in [-0.2, 0) is 0 Å². The van der Waals surface area contributed by atoms with Gasteiger partial charge in [0.1, 0.15) is 11.5 Å². The molecule has 2 atom stereocenters. The van der Waals surface area contributed by atoms with E-state index in [1.165, 1.54) is 5.56 Å². The molecule has 5 nitrogen and oxygen atoms in total. The predicted molar refractivity (Wildman–Crippen MR) is 99.1 cm³/mol. The van der Waals surface area contributed by atoms with E-state index >= 15 is 0 Å². The maximum absolute atomic E-state index is 5.97. The van der Waals surface area contributed by atoms with Gasteiger partial charge in [-0.3, -0.25) is 4.90 Å². The summed E-state index contributed by atoms with van der Waals surface area (Å²) in [5.41, 5.74) is 1.25. The summed E-state index contributed by atoms with van der Waals surface area (Å²) in [5, 5.41) is 3.48. The number of likely N-dealkylation sites (N-methyl/N-ethyl adjacent to an activating group) is 1. The molecule has 0 amide bonds. The summed E-state index contributed by atoms with van der Waals surface area (Å²) in [4.78, 5) is 4.85. The number of hydrogen-bond donors (Lipinski definition) is 1. The van der Waals surface area contributed by atoms with Crippen LogP contribution in [0.15, 0.2) is 18.2 Å². The first-order valence-corrected chi connectivity index (χ1v) is 9.07. The molecule has 1 aliphatic rings. The van der Waals surface area contributed by atoms with E-state index in [0.29, 0.717) is 25.3 Å². The third kappa shape index (κ3) is 4.85. The van der Waals surface area contributed by atoms with E-state index in [1.54, 1.807) is 0 Å². The number of rotatable bonds is 8. The fourth-order valence-corrected chi connectivity index (χ4v) is 3.37. The van der Waals surface area contributed by atoms with Crippen molar-refractivity contribution in [1.82, 2.24) is 15.1 Å². The van der Waals surface area contributed by atoms with E-state index in [2.05, 4.69) is 48.3 Å². The van der Waals surface area contributed by atoms with E-state index in [-0.39, 0.29) is 0 Å².